The van der Waals surface area contributed by atoms with Crippen LogP contribution in [0.15, 0.2) is 29.6 Å². The highest BCUT2D eigenvalue weighted by Gasteiger charge is 2.63. The number of rotatable bonds is 9. The van der Waals surface area contributed by atoms with Gasteiger partial charge in [0.2, 0.25) is 0 Å². The van der Waals surface area contributed by atoms with Crippen molar-refractivity contribution in [1.29, 1.82) is 0 Å². The first-order valence-corrected chi connectivity index (χ1v) is 19.2. The van der Waals surface area contributed by atoms with Gasteiger partial charge in [-0.2, -0.15) is 15.2 Å². The number of carbonyl (C=O) groups is 3. The lowest BCUT2D eigenvalue weighted by molar-refractivity contribution is -0.295. The molecule has 1 aromatic rings. The van der Waals surface area contributed by atoms with Crippen LogP contribution in [0.5, 0.6) is 0 Å². The maximum absolute atomic E-state index is 14.3. The lowest BCUT2D eigenvalue weighted by Gasteiger charge is -2.49. The van der Waals surface area contributed by atoms with Crippen molar-refractivity contribution >= 4 is 23.6 Å². The quantitative estimate of drug-likeness (QED) is 0.285. The number of cyclic esters (lactones) is 1. The van der Waals surface area contributed by atoms with Gasteiger partial charge in [0.25, 0.3) is 0 Å². The number of nitrogens with zero attached hydrogens (tertiary/aromatic N) is 5. The highest BCUT2D eigenvalue weighted by atomic mass is 16.7. The van der Waals surface area contributed by atoms with Crippen LogP contribution in [-0.2, 0) is 39.7 Å². The van der Waals surface area contributed by atoms with Gasteiger partial charge in [-0.25, -0.2) is 4.79 Å². The van der Waals surface area contributed by atoms with Crippen molar-refractivity contribution in [3.8, 4) is 0 Å². The largest absolute Gasteiger partial charge is 0.457 e. The van der Waals surface area contributed by atoms with Crippen molar-refractivity contribution < 1.29 is 43.2 Å². The topological polar surface area (TPSA) is 153 Å². The second-order valence-corrected chi connectivity index (χ2v) is 16.2. The molecule has 14 nitrogen and oxygen atoms in total. The van der Waals surface area contributed by atoms with E-state index in [1.807, 2.05) is 65.7 Å². The van der Waals surface area contributed by atoms with E-state index in [2.05, 4.69) is 11.9 Å². The van der Waals surface area contributed by atoms with Crippen molar-refractivity contribution in [1.82, 2.24) is 20.0 Å². The molecular weight excluding hydrogens is 682 g/mol. The van der Waals surface area contributed by atoms with Crippen LogP contribution in [0.3, 0.4) is 0 Å². The van der Waals surface area contributed by atoms with Crippen molar-refractivity contribution in [2.75, 3.05) is 27.7 Å². The molecule has 1 N–H and O–H groups in total. The molecular formula is C39H61N5O9. The molecule has 0 aliphatic carbocycles. The summed E-state index contributed by atoms with van der Waals surface area (Å²) in [5.74, 6) is -3.69. The first kappa shape index (κ1) is 41.0. The molecule has 3 saturated heterocycles. The number of Topliss-reactive ketones (excluding diaryl/α,β-unsaturated/α-hetero) is 1. The number of ketones is 1. The Labute approximate surface area is 314 Å². The molecule has 1 aromatic heterocycles. The Morgan fingerprint density at radius 1 is 1.06 bits per heavy atom. The number of amides is 1. The summed E-state index contributed by atoms with van der Waals surface area (Å²) in [6.07, 6.45) is 1.66. The van der Waals surface area contributed by atoms with Crippen LogP contribution in [0.1, 0.15) is 86.6 Å². The minimum atomic E-state index is -1.24. The van der Waals surface area contributed by atoms with Crippen molar-refractivity contribution in [3.63, 3.8) is 0 Å². The van der Waals surface area contributed by atoms with Gasteiger partial charge in [-0.1, -0.05) is 27.7 Å². The second kappa shape index (κ2) is 16.3. The zero-order valence-electron chi connectivity index (χ0n) is 33.4. The number of hydrazone groups is 1. The van der Waals surface area contributed by atoms with Crippen LogP contribution in [0.4, 0.5) is 4.79 Å². The van der Waals surface area contributed by atoms with Gasteiger partial charge in [-0.3, -0.25) is 14.6 Å². The Morgan fingerprint density at radius 2 is 1.74 bits per heavy atom. The lowest BCUT2D eigenvalue weighted by Crippen LogP contribution is -2.63. The molecule has 2 bridgehead atoms. The van der Waals surface area contributed by atoms with Crippen LogP contribution in [0.2, 0.25) is 0 Å². The summed E-state index contributed by atoms with van der Waals surface area (Å²) >= 11 is 0. The monoisotopic (exact) mass is 743 g/mol. The zero-order valence-corrected chi connectivity index (χ0v) is 33.4. The van der Waals surface area contributed by atoms with E-state index in [-0.39, 0.29) is 24.0 Å². The standard InChI is InChI=1S/C39H61N5O9/c1-12-29-39(8)33-24(4)30(41-43(44(33)37(48)53-39)19-13-14-27-15-17-40-18-16-27)22(2)21-38(7,49-11)34(25(5)31(45)26(6)35(47)51-29)52-36-32(46)28(42(9)10)20-23(3)50-36/h15-18,22-26,28-29,32-34,36,46H,12-14,19-21H2,1-11H3/t22-,23+,24-,25-,26+,28-,29-,32+,33-,34+,36-,38?,39-/m1/s1. The number of aliphatic hydroxyl groups is 1. The van der Waals surface area contributed by atoms with E-state index in [1.165, 1.54) is 6.92 Å². The van der Waals surface area contributed by atoms with E-state index < -0.39 is 71.5 Å². The first-order valence-electron chi connectivity index (χ1n) is 19.2. The summed E-state index contributed by atoms with van der Waals surface area (Å²) in [6.45, 7) is 15.3. The predicted molar refractivity (Wildman–Crippen MR) is 196 cm³/mol. The number of fused-ring (bicyclic) bond motifs is 1. The third-order valence-corrected chi connectivity index (χ3v) is 12.1. The van der Waals surface area contributed by atoms with Gasteiger partial charge < -0.3 is 33.7 Å². The Hall–Kier alpha value is -3.17. The molecule has 1 unspecified atom stereocenters. The molecule has 296 valence electrons. The number of aryl methyl sites for hydroxylation is 1. The van der Waals surface area contributed by atoms with Crippen LogP contribution < -0.4 is 0 Å². The number of hydrogen-bond donors (Lipinski definition) is 1. The van der Waals surface area contributed by atoms with Crippen molar-refractivity contribution in [2.24, 2.45) is 28.8 Å². The minimum Gasteiger partial charge on any atom is -0.457 e. The number of hydrogen-bond acceptors (Lipinski definition) is 13. The second-order valence-electron chi connectivity index (χ2n) is 16.2. The molecule has 0 saturated carbocycles. The van der Waals surface area contributed by atoms with E-state index >= 15 is 0 Å². The predicted octanol–water partition coefficient (Wildman–Crippen LogP) is 4.24. The van der Waals surface area contributed by atoms with Gasteiger partial charge in [0.1, 0.15) is 24.2 Å². The van der Waals surface area contributed by atoms with Crippen LogP contribution in [-0.4, -0.2) is 130 Å². The Balaban J connectivity index is 1.58. The number of methoxy groups -OCH3 is 1. The number of ether oxygens (including phenoxy) is 5. The number of carbonyl (C=O) groups excluding carboxylic acids is 3. The molecule has 4 aliphatic heterocycles. The smallest absolute Gasteiger partial charge is 0.431 e. The summed E-state index contributed by atoms with van der Waals surface area (Å²) in [5, 5.41) is 19.9. The minimum absolute atomic E-state index is 0.219. The number of aliphatic hydroxyl groups excluding tert-OH is 1. The fourth-order valence-corrected chi connectivity index (χ4v) is 9.09. The summed E-state index contributed by atoms with van der Waals surface area (Å²) in [4.78, 5) is 48.1. The number of pyridine rings is 1. The van der Waals surface area contributed by atoms with E-state index in [4.69, 9.17) is 28.8 Å². The fraction of sp³-hybridized carbons (Fsp3) is 0.769. The van der Waals surface area contributed by atoms with Gasteiger partial charge in [0.15, 0.2) is 17.7 Å². The maximum atomic E-state index is 14.3. The van der Waals surface area contributed by atoms with Crippen LogP contribution in [0.25, 0.3) is 0 Å². The average molecular weight is 744 g/mol. The number of hydrazine groups is 1. The Kier molecular flexibility index (Phi) is 12.6. The van der Waals surface area contributed by atoms with Crippen LogP contribution in [0, 0.1) is 23.7 Å². The SMILES string of the molecule is CC[C@H]1OC(=O)[C@@H](C)C(=O)[C@@H](C)[C@H](O[C@H]2O[C@@H](C)C[C@@H](N(C)C)[C@@H]2O)C(C)(OC)C[C@@H](C)C2=NN(CCCc3ccncc3)N3C(=O)O[C@@]1(C)[C@H]3[C@@H]2C. The van der Waals surface area contributed by atoms with Crippen LogP contribution >= 0.6 is 0 Å². The Morgan fingerprint density at radius 3 is 2.36 bits per heavy atom. The molecule has 13 atom stereocenters. The summed E-state index contributed by atoms with van der Waals surface area (Å²) in [7, 11) is 5.38. The summed E-state index contributed by atoms with van der Waals surface area (Å²) < 4.78 is 31.6. The van der Waals surface area contributed by atoms with Crippen molar-refractivity contribution in [2.45, 2.75) is 141 Å². The number of aromatic nitrogens is 1. The average Bonchev–Trinajstić information content (AvgIpc) is 3.41. The molecule has 0 aromatic carbocycles. The Bertz CT molecular complexity index is 1500. The van der Waals surface area contributed by atoms with Gasteiger partial charge in [-0.05, 0) is 97.5 Å². The number of likely N-dealkylation sites (N-methyl/N-ethyl adjacent to an activating group) is 1. The maximum Gasteiger partial charge on any atom is 0.431 e. The molecule has 53 heavy (non-hydrogen) atoms. The van der Waals surface area contributed by atoms with E-state index in [0.29, 0.717) is 32.2 Å². The molecule has 14 heteroatoms. The third kappa shape index (κ3) is 7.98. The molecule has 1 amide bonds. The molecule has 4 aliphatic rings. The van der Waals surface area contributed by atoms with E-state index in [0.717, 1.165) is 17.7 Å². The molecule has 3 fully saturated rings. The lowest BCUT2D eigenvalue weighted by atomic mass is 9.73. The molecule has 0 spiro atoms. The zero-order chi connectivity index (χ0) is 39.0. The summed E-state index contributed by atoms with van der Waals surface area (Å²) in [5.41, 5.74) is -0.419. The fourth-order valence-electron chi connectivity index (χ4n) is 9.09. The van der Waals surface area contributed by atoms with Gasteiger partial charge in [0, 0.05) is 43.1 Å². The van der Waals surface area contributed by atoms with E-state index in [9.17, 15) is 19.5 Å². The molecule has 0 radical (unpaired) electrons. The highest BCUT2D eigenvalue weighted by Crippen LogP contribution is 2.45. The summed E-state index contributed by atoms with van der Waals surface area (Å²) in [6, 6.07) is 3.14. The van der Waals surface area contributed by atoms with E-state index in [1.54, 1.807) is 36.6 Å². The van der Waals surface area contributed by atoms with Crippen molar-refractivity contribution in [3.05, 3.63) is 30.1 Å². The first-order chi connectivity index (χ1) is 25.0. The molecule has 5 rings (SSSR count). The highest BCUT2D eigenvalue weighted by molar-refractivity contribution is 6.00. The van der Waals surface area contributed by atoms with Gasteiger partial charge in [-0.15, -0.1) is 0 Å². The number of esters is 1. The third-order valence-electron chi connectivity index (χ3n) is 12.1. The van der Waals surface area contributed by atoms with Gasteiger partial charge in [0.05, 0.1) is 24.4 Å². The van der Waals surface area contributed by atoms with Gasteiger partial charge >= 0.3 is 12.1 Å². The molecule has 5 heterocycles. The normalized spacial score (nSPS) is 39.8.